The maximum atomic E-state index is 6.40. The molecule has 2 heteroatoms. The molecule has 2 nitrogen and oxygen atoms in total. The molecule has 0 atom stereocenters. The minimum Gasteiger partial charge on any atom is -0.454 e. The molecule has 1 N–H and O–H groups in total. The van der Waals surface area contributed by atoms with Crippen LogP contribution in [0.2, 0.25) is 0 Å². The molecule has 0 aliphatic rings. The van der Waals surface area contributed by atoms with Gasteiger partial charge in [-0.05, 0) is 91.0 Å². The van der Waals surface area contributed by atoms with Gasteiger partial charge in [0.05, 0.1) is 5.69 Å². The van der Waals surface area contributed by atoms with Crippen LogP contribution in [-0.2, 0) is 0 Å². The monoisotopic (exact) mass is 561 g/mol. The van der Waals surface area contributed by atoms with Gasteiger partial charge in [0.15, 0.2) is 5.58 Å². The summed E-state index contributed by atoms with van der Waals surface area (Å²) >= 11 is 0. The molecule has 0 fully saturated rings. The van der Waals surface area contributed by atoms with Gasteiger partial charge in [0.1, 0.15) is 5.58 Å². The van der Waals surface area contributed by atoms with Gasteiger partial charge in [0, 0.05) is 16.5 Å². The molecule has 0 unspecified atom stereocenters. The Hall–Kier alpha value is -5.86. The molecule has 0 bridgehead atoms. The third kappa shape index (κ3) is 4.04. The molecule has 9 aromatic rings. The van der Waals surface area contributed by atoms with Crippen molar-refractivity contribution in [3.63, 3.8) is 0 Å². The maximum Gasteiger partial charge on any atom is 0.158 e. The molecule has 0 aliphatic carbocycles. The van der Waals surface area contributed by atoms with Crippen molar-refractivity contribution in [1.82, 2.24) is 0 Å². The Morgan fingerprint density at radius 3 is 1.91 bits per heavy atom. The molecule has 1 aromatic heterocycles. The highest BCUT2D eigenvalue weighted by atomic mass is 16.3. The highest BCUT2D eigenvalue weighted by Crippen LogP contribution is 2.39. The summed E-state index contributed by atoms with van der Waals surface area (Å²) in [7, 11) is 0. The molecular weight excluding hydrogens is 534 g/mol. The van der Waals surface area contributed by atoms with Gasteiger partial charge in [-0.2, -0.15) is 0 Å². The molecule has 44 heavy (non-hydrogen) atoms. The van der Waals surface area contributed by atoms with Crippen LogP contribution in [0.25, 0.3) is 76.5 Å². The number of fused-ring (bicyclic) bond motifs is 7. The lowest BCUT2D eigenvalue weighted by Crippen LogP contribution is -1.90. The van der Waals surface area contributed by atoms with Gasteiger partial charge in [-0.25, -0.2) is 0 Å². The minimum absolute atomic E-state index is 0.874. The summed E-state index contributed by atoms with van der Waals surface area (Å²) in [5.41, 5.74) is 8.64. The molecule has 1 heterocycles. The van der Waals surface area contributed by atoms with E-state index in [9.17, 15) is 0 Å². The predicted octanol–water partition coefficient (Wildman–Crippen LogP) is 12.1. The zero-order valence-corrected chi connectivity index (χ0v) is 23.9. The van der Waals surface area contributed by atoms with E-state index in [0.717, 1.165) is 33.3 Å². The fraction of sp³-hybridized carbons (Fsp3) is 0. The normalized spacial score (nSPS) is 11.6. The zero-order chi connectivity index (χ0) is 29.0. The van der Waals surface area contributed by atoms with E-state index in [2.05, 4.69) is 163 Å². The highest BCUT2D eigenvalue weighted by molar-refractivity contribution is 6.20. The average Bonchev–Trinajstić information content (AvgIpc) is 3.48. The maximum absolute atomic E-state index is 6.40. The second-order valence-electron chi connectivity index (χ2n) is 11.4. The summed E-state index contributed by atoms with van der Waals surface area (Å²) in [6.45, 7) is 0. The van der Waals surface area contributed by atoms with Gasteiger partial charge >= 0.3 is 0 Å². The van der Waals surface area contributed by atoms with Crippen LogP contribution in [0.1, 0.15) is 0 Å². The van der Waals surface area contributed by atoms with E-state index in [1.807, 2.05) is 0 Å². The number of hydrogen-bond donors (Lipinski definition) is 1. The Morgan fingerprint density at radius 2 is 1.05 bits per heavy atom. The van der Waals surface area contributed by atoms with Crippen LogP contribution < -0.4 is 5.32 Å². The Bertz CT molecular complexity index is 2520. The molecular formula is C42H27NO. The lowest BCUT2D eigenvalue weighted by atomic mass is 9.95. The second-order valence-corrected chi connectivity index (χ2v) is 11.4. The van der Waals surface area contributed by atoms with Crippen molar-refractivity contribution in [3.05, 3.63) is 158 Å². The number of anilines is 2. The fourth-order valence-electron chi connectivity index (χ4n) is 6.64. The average molecular weight is 562 g/mol. The zero-order valence-electron chi connectivity index (χ0n) is 23.9. The Balaban J connectivity index is 1.05. The van der Waals surface area contributed by atoms with Crippen molar-refractivity contribution in [2.75, 3.05) is 5.32 Å². The smallest absolute Gasteiger partial charge is 0.158 e. The van der Waals surface area contributed by atoms with E-state index < -0.39 is 0 Å². The van der Waals surface area contributed by atoms with Crippen LogP contribution in [0.4, 0.5) is 11.4 Å². The van der Waals surface area contributed by atoms with Gasteiger partial charge < -0.3 is 9.73 Å². The predicted molar refractivity (Wildman–Crippen MR) is 187 cm³/mol. The Morgan fingerprint density at radius 1 is 0.409 bits per heavy atom. The van der Waals surface area contributed by atoms with Crippen LogP contribution >= 0.6 is 0 Å². The van der Waals surface area contributed by atoms with E-state index in [1.165, 1.54) is 54.6 Å². The number of furan rings is 1. The van der Waals surface area contributed by atoms with E-state index in [4.69, 9.17) is 4.42 Å². The van der Waals surface area contributed by atoms with Crippen molar-refractivity contribution in [1.29, 1.82) is 0 Å². The summed E-state index contributed by atoms with van der Waals surface area (Å²) in [6, 6.07) is 56.3. The van der Waals surface area contributed by atoms with Gasteiger partial charge in [0.2, 0.25) is 0 Å². The summed E-state index contributed by atoms with van der Waals surface area (Å²) < 4.78 is 6.40. The van der Waals surface area contributed by atoms with Gasteiger partial charge in [-0.15, -0.1) is 0 Å². The Labute approximate surface area is 254 Å². The van der Waals surface area contributed by atoms with Crippen LogP contribution in [0.3, 0.4) is 0 Å². The molecule has 9 rings (SSSR count). The second kappa shape index (κ2) is 9.86. The molecule has 0 saturated carbocycles. The molecule has 8 aromatic carbocycles. The number of para-hydroxylation sites is 1. The first-order valence-corrected chi connectivity index (χ1v) is 15.0. The van der Waals surface area contributed by atoms with E-state index >= 15 is 0 Å². The highest BCUT2D eigenvalue weighted by Gasteiger charge is 2.14. The SMILES string of the molecule is c1ccc2c(-c3ccc4ccc(-c5ccc(Nc6cccc7c6oc6ccc8ccccc8c67)cc5)cc4c3)cccc2c1. The lowest BCUT2D eigenvalue weighted by molar-refractivity contribution is 0.670. The van der Waals surface area contributed by atoms with Gasteiger partial charge in [-0.3, -0.25) is 0 Å². The van der Waals surface area contributed by atoms with Crippen LogP contribution in [0.15, 0.2) is 162 Å². The fourth-order valence-corrected chi connectivity index (χ4v) is 6.64. The molecule has 206 valence electrons. The lowest BCUT2D eigenvalue weighted by Gasteiger charge is -2.11. The first-order chi connectivity index (χ1) is 21.8. The van der Waals surface area contributed by atoms with Crippen molar-refractivity contribution in [2.24, 2.45) is 0 Å². The topological polar surface area (TPSA) is 25.2 Å². The van der Waals surface area contributed by atoms with Crippen molar-refractivity contribution < 1.29 is 4.42 Å². The first kappa shape index (κ1) is 24.7. The van der Waals surface area contributed by atoms with E-state index in [1.54, 1.807) is 0 Å². The Kier molecular flexibility index (Phi) is 5.54. The summed E-state index contributed by atoms with van der Waals surface area (Å²) in [5, 5.41) is 13.3. The van der Waals surface area contributed by atoms with Gasteiger partial charge in [-0.1, -0.05) is 121 Å². The number of benzene rings is 8. The van der Waals surface area contributed by atoms with Crippen molar-refractivity contribution in [2.45, 2.75) is 0 Å². The minimum atomic E-state index is 0.874. The summed E-state index contributed by atoms with van der Waals surface area (Å²) in [5.74, 6) is 0. The standard InChI is InChI=1S/C42H27NO/c1-3-10-35-29(7-1)9-5-12-36(35)32-18-16-28-15-17-31(25-33(28)26-32)27-19-22-34(23-20-27)43-39-14-6-13-38-41-37-11-4-2-8-30(37)21-24-40(41)44-42(38)39/h1-26,43H. The van der Waals surface area contributed by atoms with Gasteiger partial charge in [0.25, 0.3) is 0 Å². The van der Waals surface area contributed by atoms with Crippen molar-refractivity contribution in [3.8, 4) is 22.3 Å². The quantitative estimate of drug-likeness (QED) is 0.231. The van der Waals surface area contributed by atoms with E-state index in [0.29, 0.717) is 0 Å². The molecule has 0 amide bonds. The van der Waals surface area contributed by atoms with Crippen LogP contribution in [0, 0.1) is 0 Å². The number of rotatable bonds is 4. The molecule has 0 radical (unpaired) electrons. The first-order valence-electron chi connectivity index (χ1n) is 15.0. The third-order valence-electron chi connectivity index (χ3n) is 8.83. The molecule has 0 saturated heterocycles. The van der Waals surface area contributed by atoms with Crippen LogP contribution in [-0.4, -0.2) is 0 Å². The van der Waals surface area contributed by atoms with Crippen molar-refractivity contribution >= 4 is 65.6 Å². The largest absolute Gasteiger partial charge is 0.454 e. The van der Waals surface area contributed by atoms with Crippen LogP contribution in [0.5, 0.6) is 0 Å². The summed E-state index contributed by atoms with van der Waals surface area (Å²) in [4.78, 5) is 0. The van der Waals surface area contributed by atoms with E-state index in [-0.39, 0.29) is 0 Å². The third-order valence-corrected chi connectivity index (χ3v) is 8.83. The number of hydrogen-bond acceptors (Lipinski definition) is 2. The molecule has 0 spiro atoms. The molecule has 0 aliphatic heterocycles. The summed E-state index contributed by atoms with van der Waals surface area (Å²) in [6.07, 6.45) is 0. The number of nitrogens with one attached hydrogen (secondary N) is 1.